The molecule has 0 bridgehead atoms. The van der Waals surface area contributed by atoms with E-state index in [1.54, 1.807) is 0 Å². The van der Waals surface area contributed by atoms with Crippen LogP contribution in [0, 0.1) is 13.8 Å². The van der Waals surface area contributed by atoms with Gasteiger partial charge in [-0.25, -0.2) is 0 Å². The van der Waals surface area contributed by atoms with Crippen LogP contribution in [0.15, 0.2) is 10.5 Å². The van der Waals surface area contributed by atoms with E-state index >= 15 is 0 Å². The van der Waals surface area contributed by atoms with Gasteiger partial charge in [0.2, 0.25) is 5.91 Å². The topological polar surface area (TPSA) is 54.3 Å². The number of rotatable bonds is 6. The molecular formula is C13H22N2O2. The molecule has 0 saturated heterocycles. The number of furan rings is 1. The molecule has 96 valence electrons. The first-order valence-electron chi connectivity index (χ1n) is 6.05. The summed E-state index contributed by atoms with van der Waals surface area (Å²) in [6.07, 6.45) is 1.42. The van der Waals surface area contributed by atoms with Gasteiger partial charge < -0.3 is 15.1 Å². The van der Waals surface area contributed by atoms with E-state index in [1.807, 2.05) is 33.9 Å². The summed E-state index contributed by atoms with van der Waals surface area (Å²) in [5.74, 6) is 1.85. The second kappa shape index (κ2) is 6.45. The summed E-state index contributed by atoms with van der Waals surface area (Å²) in [7, 11) is 1.89. The minimum Gasteiger partial charge on any atom is -0.466 e. The van der Waals surface area contributed by atoms with Gasteiger partial charge in [0.25, 0.3) is 0 Å². The predicted octanol–water partition coefficient (Wildman–Crippen LogP) is 2.07. The van der Waals surface area contributed by atoms with Crippen molar-refractivity contribution in [2.45, 2.75) is 39.7 Å². The quantitative estimate of drug-likeness (QED) is 0.746. The van der Waals surface area contributed by atoms with Crippen molar-refractivity contribution in [3.05, 3.63) is 23.2 Å². The molecule has 0 aliphatic heterocycles. The number of hydrogen-bond acceptors (Lipinski definition) is 3. The predicted molar refractivity (Wildman–Crippen MR) is 67.9 cm³/mol. The summed E-state index contributed by atoms with van der Waals surface area (Å²) in [5, 5.41) is 6.01. The SMILES string of the molecule is CNCCCC(=O)NC(C)c1cc(C)oc1C. The van der Waals surface area contributed by atoms with Gasteiger partial charge in [0.05, 0.1) is 6.04 Å². The highest BCUT2D eigenvalue weighted by atomic mass is 16.3. The van der Waals surface area contributed by atoms with Crippen LogP contribution < -0.4 is 10.6 Å². The van der Waals surface area contributed by atoms with E-state index in [0.29, 0.717) is 6.42 Å². The first-order chi connectivity index (χ1) is 8.04. The van der Waals surface area contributed by atoms with E-state index in [0.717, 1.165) is 30.0 Å². The van der Waals surface area contributed by atoms with Crippen LogP contribution in [0.1, 0.15) is 42.9 Å². The lowest BCUT2D eigenvalue weighted by molar-refractivity contribution is -0.121. The first kappa shape index (κ1) is 13.8. The smallest absolute Gasteiger partial charge is 0.220 e. The van der Waals surface area contributed by atoms with Crippen LogP contribution in [0.4, 0.5) is 0 Å². The molecule has 1 amide bonds. The third-order valence-electron chi connectivity index (χ3n) is 2.75. The molecule has 0 fully saturated rings. The Hall–Kier alpha value is -1.29. The highest BCUT2D eigenvalue weighted by Gasteiger charge is 2.14. The Morgan fingerprint density at radius 3 is 2.71 bits per heavy atom. The van der Waals surface area contributed by atoms with E-state index in [9.17, 15) is 4.79 Å². The number of carbonyl (C=O) groups excluding carboxylic acids is 1. The van der Waals surface area contributed by atoms with Crippen molar-refractivity contribution in [1.29, 1.82) is 0 Å². The van der Waals surface area contributed by atoms with Gasteiger partial charge in [-0.05, 0) is 46.9 Å². The van der Waals surface area contributed by atoms with Crippen molar-refractivity contribution in [2.24, 2.45) is 0 Å². The number of carbonyl (C=O) groups is 1. The molecule has 0 aromatic carbocycles. The monoisotopic (exact) mass is 238 g/mol. The standard InChI is InChI=1S/C13H22N2O2/c1-9-8-12(11(3)17-9)10(2)15-13(16)6-5-7-14-4/h8,10,14H,5-7H2,1-4H3,(H,15,16). The van der Waals surface area contributed by atoms with Gasteiger partial charge in [-0.15, -0.1) is 0 Å². The lowest BCUT2D eigenvalue weighted by atomic mass is 10.1. The molecule has 2 N–H and O–H groups in total. The Morgan fingerprint density at radius 2 is 2.18 bits per heavy atom. The molecule has 17 heavy (non-hydrogen) atoms. The summed E-state index contributed by atoms with van der Waals surface area (Å²) in [5.41, 5.74) is 1.06. The van der Waals surface area contributed by atoms with Crippen molar-refractivity contribution >= 4 is 5.91 Å². The molecule has 1 aromatic heterocycles. The Labute approximate surface area is 103 Å². The van der Waals surface area contributed by atoms with E-state index in [2.05, 4.69) is 10.6 Å². The van der Waals surface area contributed by atoms with Crippen molar-refractivity contribution in [3.8, 4) is 0 Å². The van der Waals surface area contributed by atoms with Crippen molar-refractivity contribution in [2.75, 3.05) is 13.6 Å². The third kappa shape index (κ3) is 4.23. The molecule has 1 unspecified atom stereocenters. The average Bonchev–Trinajstić information content (AvgIpc) is 2.58. The summed E-state index contributed by atoms with van der Waals surface area (Å²) >= 11 is 0. The number of aryl methyl sites for hydroxylation is 2. The molecule has 1 rings (SSSR count). The Bertz CT molecular complexity index is 371. The molecule has 1 aromatic rings. The first-order valence-corrected chi connectivity index (χ1v) is 6.05. The lowest BCUT2D eigenvalue weighted by Crippen LogP contribution is -2.27. The van der Waals surface area contributed by atoms with Crippen molar-refractivity contribution in [3.63, 3.8) is 0 Å². The van der Waals surface area contributed by atoms with Gasteiger partial charge >= 0.3 is 0 Å². The van der Waals surface area contributed by atoms with E-state index in [-0.39, 0.29) is 11.9 Å². The average molecular weight is 238 g/mol. The Morgan fingerprint density at radius 1 is 1.47 bits per heavy atom. The van der Waals surface area contributed by atoms with Crippen LogP contribution in [0.3, 0.4) is 0 Å². The van der Waals surface area contributed by atoms with Crippen LogP contribution in [-0.4, -0.2) is 19.5 Å². The minimum atomic E-state index is 0.00883. The summed E-state index contributed by atoms with van der Waals surface area (Å²) in [6.45, 7) is 6.68. The number of amides is 1. The third-order valence-corrected chi connectivity index (χ3v) is 2.75. The van der Waals surface area contributed by atoms with Crippen LogP contribution in [-0.2, 0) is 4.79 Å². The molecular weight excluding hydrogens is 216 g/mol. The largest absolute Gasteiger partial charge is 0.466 e. The summed E-state index contributed by atoms with van der Waals surface area (Å²) in [4.78, 5) is 11.7. The molecule has 4 heteroatoms. The maximum absolute atomic E-state index is 11.7. The van der Waals surface area contributed by atoms with Gasteiger partial charge in [-0.1, -0.05) is 0 Å². The molecule has 1 atom stereocenters. The molecule has 0 saturated carbocycles. The Kier molecular flexibility index (Phi) is 5.22. The van der Waals surface area contributed by atoms with Crippen LogP contribution in [0.25, 0.3) is 0 Å². The maximum atomic E-state index is 11.7. The minimum absolute atomic E-state index is 0.00883. The molecule has 0 radical (unpaired) electrons. The lowest BCUT2D eigenvalue weighted by Gasteiger charge is -2.13. The Balaban J connectivity index is 2.46. The zero-order valence-electron chi connectivity index (χ0n) is 11.1. The van der Waals surface area contributed by atoms with Crippen LogP contribution in [0.2, 0.25) is 0 Å². The molecule has 4 nitrogen and oxygen atoms in total. The summed E-state index contributed by atoms with van der Waals surface area (Å²) in [6, 6.07) is 1.99. The molecule has 0 aliphatic rings. The van der Waals surface area contributed by atoms with Gasteiger partial charge in [0.1, 0.15) is 11.5 Å². The van der Waals surface area contributed by atoms with Crippen LogP contribution >= 0.6 is 0 Å². The zero-order chi connectivity index (χ0) is 12.8. The van der Waals surface area contributed by atoms with E-state index < -0.39 is 0 Å². The fourth-order valence-electron chi connectivity index (χ4n) is 1.90. The second-order valence-electron chi connectivity index (χ2n) is 4.36. The van der Waals surface area contributed by atoms with Gasteiger partial charge in [0.15, 0.2) is 0 Å². The molecule has 0 aliphatic carbocycles. The van der Waals surface area contributed by atoms with Gasteiger partial charge in [0, 0.05) is 12.0 Å². The van der Waals surface area contributed by atoms with E-state index in [1.165, 1.54) is 0 Å². The normalized spacial score (nSPS) is 12.5. The number of nitrogens with one attached hydrogen (secondary N) is 2. The summed E-state index contributed by atoms with van der Waals surface area (Å²) < 4.78 is 5.45. The zero-order valence-corrected chi connectivity index (χ0v) is 11.1. The fourth-order valence-corrected chi connectivity index (χ4v) is 1.90. The second-order valence-corrected chi connectivity index (χ2v) is 4.36. The highest BCUT2D eigenvalue weighted by Crippen LogP contribution is 2.21. The van der Waals surface area contributed by atoms with Crippen molar-refractivity contribution in [1.82, 2.24) is 10.6 Å². The van der Waals surface area contributed by atoms with Crippen molar-refractivity contribution < 1.29 is 9.21 Å². The molecule has 1 heterocycles. The van der Waals surface area contributed by atoms with E-state index in [4.69, 9.17) is 4.42 Å². The maximum Gasteiger partial charge on any atom is 0.220 e. The number of hydrogen-bond donors (Lipinski definition) is 2. The van der Waals surface area contributed by atoms with Crippen LogP contribution in [0.5, 0.6) is 0 Å². The fraction of sp³-hybridized carbons (Fsp3) is 0.615. The van der Waals surface area contributed by atoms with Gasteiger partial charge in [-0.2, -0.15) is 0 Å². The van der Waals surface area contributed by atoms with Gasteiger partial charge in [-0.3, -0.25) is 4.79 Å². The highest BCUT2D eigenvalue weighted by molar-refractivity contribution is 5.76. The molecule has 0 spiro atoms.